The van der Waals surface area contributed by atoms with E-state index in [0.717, 1.165) is 0 Å². The molecule has 0 heterocycles. The number of hydrogen-bond acceptors (Lipinski definition) is 1. The lowest BCUT2D eigenvalue weighted by Gasteiger charge is -1.54. The van der Waals surface area contributed by atoms with Gasteiger partial charge in [0.05, 0.1) is 19.0 Å². The summed E-state index contributed by atoms with van der Waals surface area (Å²) in [5, 5.41) is 0. The van der Waals surface area contributed by atoms with Gasteiger partial charge in [-0.2, -0.15) is 0 Å². The van der Waals surface area contributed by atoms with Gasteiger partial charge in [0.1, 0.15) is 0 Å². The normalized spacial score (nSPS) is 4.50. The molecule has 0 rings (SSSR count). The standard InChI is InChI=1S/CH3ClO.FH/c1-3-2;/h1H3;1H. The van der Waals surface area contributed by atoms with E-state index in [1.165, 1.54) is 7.11 Å². The first-order valence-electron chi connectivity index (χ1n) is 0.563. The Morgan fingerprint density at radius 2 is 1.75 bits per heavy atom. The molecular weight excluding hydrogens is 82.5 g/mol. The lowest BCUT2D eigenvalue weighted by Crippen LogP contribution is -1.39. The number of hydrogen-bond donors (Lipinski definition) is 0. The maximum absolute atomic E-state index is 4.50. The minimum Gasteiger partial charge on any atom is -0.283 e. The van der Waals surface area contributed by atoms with Crippen molar-refractivity contribution >= 4 is 11.9 Å². The van der Waals surface area contributed by atoms with E-state index >= 15 is 0 Å². The van der Waals surface area contributed by atoms with Gasteiger partial charge in [-0.25, -0.2) is 0 Å². The van der Waals surface area contributed by atoms with E-state index in [2.05, 4.69) is 16.2 Å². The summed E-state index contributed by atoms with van der Waals surface area (Å²) >= 11 is 4.50. The topological polar surface area (TPSA) is 9.23 Å². The first kappa shape index (κ1) is 8.89. The van der Waals surface area contributed by atoms with Crippen LogP contribution in [0.15, 0.2) is 0 Å². The van der Waals surface area contributed by atoms with Gasteiger partial charge in [0, 0.05) is 0 Å². The van der Waals surface area contributed by atoms with Gasteiger partial charge in [-0.1, -0.05) is 0 Å². The molecule has 4 heavy (non-hydrogen) atoms. The highest BCUT2D eigenvalue weighted by Crippen LogP contribution is 1.59. The zero-order valence-corrected chi connectivity index (χ0v) is 2.95. The highest BCUT2D eigenvalue weighted by Gasteiger charge is 1.31. The molecule has 1 nitrogen and oxygen atoms in total. The summed E-state index contributed by atoms with van der Waals surface area (Å²) in [4.78, 5) is 0. The van der Waals surface area contributed by atoms with Crippen LogP contribution in [0.2, 0.25) is 0 Å². The van der Waals surface area contributed by atoms with Crippen molar-refractivity contribution in [3.63, 3.8) is 0 Å². The first-order chi connectivity index (χ1) is 1.41. The fourth-order valence-corrected chi connectivity index (χ4v) is 0. The summed E-state index contributed by atoms with van der Waals surface area (Å²) in [6.45, 7) is 0. The molecule has 0 bridgehead atoms. The Morgan fingerprint density at radius 1 is 1.75 bits per heavy atom. The molecule has 0 fully saturated rings. The van der Waals surface area contributed by atoms with Gasteiger partial charge in [-0.05, 0) is 0 Å². The monoisotopic (exact) mass is 86.0 g/mol. The zero-order chi connectivity index (χ0) is 2.71. The summed E-state index contributed by atoms with van der Waals surface area (Å²) in [5.41, 5.74) is 0. The Labute approximate surface area is 29.1 Å². The molecule has 0 saturated heterocycles. The summed E-state index contributed by atoms with van der Waals surface area (Å²) in [7, 11) is 1.39. The third-order valence-electron chi connectivity index (χ3n) is 0. The summed E-state index contributed by atoms with van der Waals surface area (Å²) in [6.07, 6.45) is 0. The SMILES string of the molecule is COCl.F. The van der Waals surface area contributed by atoms with E-state index in [1.807, 2.05) is 0 Å². The molecule has 0 aromatic rings. The van der Waals surface area contributed by atoms with E-state index in [-0.39, 0.29) is 4.70 Å². The van der Waals surface area contributed by atoms with Crippen LogP contribution in [0.4, 0.5) is 4.70 Å². The van der Waals surface area contributed by atoms with Gasteiger partial charge in [0.2, 0.25) is 0 Å². The second-order valence-electron chi connectivity index (χ2n) is 0.154. The van der Waals surface area contributed by atoms with Crippen LogP contribution in [0, 0.1) is 0 Å². The molecule has 0 unspecified atom stereocenters. The van der Waals surface area contributed by atoms with Gasteiger partial charge in [0.25, 0.3) is 0 Å². The maximum Gasteiger partial charge on any atom is 0.0606 e. The molecule has 3 heteroatoms. The van der Waals surface area contributed by atoms with Gasteiger partial charge in [0.15, 0.2) is 0 Å². The molecule has 0 spiro atoms. The lowest BCUT2D eigenvalue weighted by molar-refractivity contribution is 0.463. The molecule has 0 aromatic heterocycles. The van der Waals surface area contributed by atoms with Gasteiger partial charge in [-0.3, -0.25) is 8.99 Å². The van der Waals surface area contributed by atoms with Crippen molar-refractivity contribution in [3.05, 3.63) is 0 Å². The third-order valence-corrected chi connectivity index (χ3v) is 0. The van der Waals surface area contributed by atoms with Crippen LogP contribution in [0.5, 0.6) is 0 Å². The highest BCUT2D eigenvalue weighted by molar-refractivity contribution is 6.07. The molecule has 0 atom stereocenters. The van der Waals surface area contributed by atoms with Crippen LogP contribution in [0.25, 0.3) is 0 Å². The third kappa shape index (κ3) is 93.7. The van der Waals surface area contributed by atoms with Crippen LogP contribution in [0.1, 0.15) is 0 Å². The summed E-state index contributed by atoms with van der Waals surface area (Å²) in [5.74, 6) is 0. The fourth-order valence-electron chi connectivity index (χ4n) is 0. The minimum atomic E-state index is 0. The van der Waals surface area contributed by atoms with Crippen molar-refractivity contribution in [2.75, 3.05) is 7.11 Å². The molecule has 0 aliphatic carbocycles. The van der Waals surface area contributed by atoms with Crippen LogP contribution >= 0.6 is 11.9 Å². The van der Waals surface area contributed by atoms with Crippen LogP contribution < -0.4 is 0 Å². The molecule has 0 aromatic carbocycles. The zero-order valence-electron chi connectivity index (χ0n) is 2.19. The van der Waals surface area contributed by atoms with E-state index in [9.17, 15) is 0 Å². The van der Waals surface area contributed by atoms with Crippen molar-refractivity contribution in [1.82, 2.24) is 0 Å². The fraction of sp³-hybridized carbons (Fsp3) is 1.00. The minimum absolute atomic E-state index is 0. The van der Waals surface area contributed by atoms with Crippen molar-refractivity contribution < 1.29 is 8.99 Å². The Balaban J connectivity index is 0. The molecule has 0 saturated carbocycles. The van der Waals surface area contributed by atoms with Gasteiger partial charge in [-0.15, -0.1) is 0 Å². The Morgan fingerprint density at radius 3 is 1.75 bits per heavy atom. The van der Waals surface area contributed by atoms with Crippen molar-refractivity contribution in [2.45, 2.75) is 0 Å². The second-order valence-corrected chi connectivity index (χ2v) is 0.463. The molecule has 0 amide bonds. The van der Waals surface area contributed by atoms with E-state index in [0.29, 0.717) is 0 Å². The maximum atomic E-state index is 4.50. The molecule has 28 valence electrons. The molecule has 0 aliphatic heterocycles. The van der Waals surface area contributed by atoms with Crippen molar-refractivity contribution in [3.8, 4) is 0 Å². The molecule has 0 radical (unpaired) electrons. The molecular formula is CH4ClFO. The predicted molar refractivity (Wildman–Crippen MR) is 15.4 cm³/mol. The summed E-state index contributed by atoms with van der Waals surface area (Å²) in [6, 6.07) is 0. The number of halogens is 2. The quantitative estimate of drug-likeness (QED) is 0.426. The first-order valence-corrected chi connectivity index (χ1v) is 0.871. The van der Waals surface area contributed by atoms with Gasteiger partial charge >= 0.3 is 0 Å². The lowest BCUT2D eigenvalue weighted by atomic mass is 11.8. The molecule has 0 aliphatic rings. The average Bonchev–Trinajstić information content (AvgIpc) is 0.918. The summed E-state index contributed by atoms with van der Waals surface area (Å²) < 4.78 is 3.72. The van der Waals surface area contributed by atoms with E-state index in [4.69, 9.17) is 0 Å². The highest BCUT2D eigenvalue weighted by atomic mass is 35.5. The molecule has 0 N–H and O–H groups in total. The number of rotatable bonds is 0. The van der Waals surface area contributed by atoms with E-state index in [1.54, 1.807) is 0 Å². The predicted octanol–water partition coefficient (Wildman–Crippen LogP) is 0.939. The van der Waals surface area contributed by atoms with Crippen LogP contribution in [-0.2, 0) is 4.29 Å². The average molecular weight is 86.5 g/mol. The van der Waals surface area contributed by atoms with Crippen LogP contribution in [0.3, 0.4) is 0 Å². The largest absolute Gasteiger partial charge is 0.283 e. The van der Waals surface area contributed by atoms with Crippen molar-refractivity contribution in [1.29, 1.82) is 0 Å². The van der Waals surface area contributed by atoms with E-state index < -0.39 is 0 Å². The Kier molecular flexibility index (Phi) is 24.1. The Bertz CT molecular complexity index is 8.00. The second kappa shape index (κ2) is 10.9. The van der Waals surface area contributed by atoms with Crippen LogP contribution in [-0.4, -0.2) is 7.11 Å². The van der Waals surface area contributed by atoms with Crippen molar-refractivity contribution in [2.24, 2.45) is 0 Å². The Hall–Kier alpha value is 0.180. The smallest absolute Gasteiger partial charge is 0.0606 e. The van der Waals surface area contributed by atoms with Gasteiger partial charge < -0.3 is 0 Å².